The Kier molecular flexibility index (Phi) is 10.1. The number of rotatable bonds is 8. The number of hydrogen-bond donors (Lipinski definition) is 2. The summed E-state index contributed by atoms with van der Waals surface area (Å²) in [6.07, 6.45) is 7.39. The summed E-state index contributed by atoms with van der Waals surface area (Å²) in [6, 6.07) is 13.7. The summed E-state index contributed by atoms with van der Waals surface area (Å²) < 4.78 is 6.77. The SMILES string of the molecule is CC.Nc1ccc(Br)cc1N(N)Cc1cccc(-c2ncc(OCCN3CCCCC3)cn2)c1. The van der Waals surface area contributed by atoms with Crippen molar-refractivity contribution in [3.05, 3.63) is 64.9 Å². The van der Waals surface area contributed by atoms with Crippen LogP contribution in [0.5, 0.6) is 5.75 Å². The van der Waals surface area contributed by atoms with Crippen molar-refractivity contribution in [3.63, 3.8) is 0 Å². The van der Waals surface area contributed by atoms with Gasteiger partial charge in [0.05, 0.1) is 30.3 Å². The second-order valence-corrected chi connectivity index (χ2v) is 8.94. The standard InChI is InChI=1S/C24H29BrN6O.C2H6/c25-20-7-8-22(26)23(14-20)31(27)17-18-5-4-6-19(13-18)24-28-15-21(16-29-24)32-12-11-30-9-2-1-3-10-30;1-2/h4-8,13-16H,1-3,9-12,17,26-27H2;1-2H3. The maximum Gasteiger partial charge on any atom is 0.159 e. The molecule has 1 aliphatic heterocycles. The van der Waals surface area contributed by atoms with Crippen LogP contribution in [0.3, 0.4) is 0 Å². The summed E-state index contributed by atoms with van der Waals surface area (Å²) in [5.41, 5.74) is 9.45. The monoisotopic (exact) mass is 526 g/mol. The quantitative estimate of drug-likeness (QED) is 0.235. The van der Waals surface area contributed by atoms with Gasteiger partial charge in [-0.05, 0) is 55.8 Å². The highest BCUT2D eigenvalue weighted by molar-refractivity contribution is 9.10. The molecular formula is C26H35BrN6O. The minimum Gasteiger partial charge on any atom is -0.489 e. The first-order valence-electron chi connectivity index (χ1n) is 11.9. The average molecular weight is 528 g/mol. The molecule has 34 heavy (non-hydrogen) atoms. The summed E-state index contributed by atoms with van der Waals surface area (Å²) in [5.74, 6) is 7.64. The maximum atomic E-state index is 6.29. The fourth-order valence-electron chi connectivity index (χ4n) is 3.87. The van der Waals surface area contributed by atoms with Crippen molar-refractivity contribution in [2.75, 3.05) is 37.0 Å². The molecule has 8 heteroatoms. The number of nitrogens with two attached hydrogens (primary N) is 2. The number of benzene rings is 2. The van der Waals surface area contributed by atoms with E-state index >= 15 is 0 Å². The van der Waals surface area contributed by atoms with Crippen LogP contribution in [0.4, 0.5) is 11.4 Å². The Labute approximate surface area is 211 Å². The molecule has 7 nitrogen and oxygen atoms in total. The van der Waals surface area contributed by atoms with Crippen LogP contribution in [-0.4, -0.2) is 41.1 Å². The third-order valence-electron chi connectivity index (χ3n) is 5.59. The lowest BCUT2D eigenvalue weighted by Gasteiger charge is -2.26. The van der Waals surface area contributed by atoms with Gasteiger partial charge in [-0.25, -0.2) is 15.8 Å². The number of piperidine rings is 1. The molecule has 4 N–H and O–H groups in total. The van der Waals surface area contributed by atoms with Gasteiger partial charge in [-0.15, -0.1) is 0 Å². The molecule has 0 bridgehead atoms. The lowest BCUT2D eigenvalue weighted by molar-refractivity contribution is 0.183. The van der Waals surface area contributed by atoms with E-state index in [1.54, 1.807) is 17.4 Å². The fraction of sp³-hybridized carbons (Fsp3) is 0.385. The smallest absolute Gasteiger partial charge is 0.159 e. The first-order valence-corrected chi connectivity index (χ1v) is 12.7. The van der Waals surface area contributed by atoms with E-state index in [1.165, 1.54) is 32.4 Å². The molecule has 0 spiro atoms. The van der Waals surface area contributed by atoms with E-state index < -0.39 is 0 Å². The summed E-state index contributed by atoms with van der Waals surface area (Å²) >= 11 is 3.47. The van der Waals surface area contributed by atoms with Crippen molar-refractivity contribution >= 4 is 27.3 Å². The molecule has 0 saturated carbocycles. The zero-order valence-electron chi connectivity index (χ0n) is 20.1. The third kappa shape index (κ3) is 7.41. The molecule has 0 unspecified atom stereocenters. The zero-order valence-corrected chi connectivity index (χ0v) is 21.7. The molecule has 1 fully saturated rings. The predicted molar refractivity (Wildman–Crippen MR) is 144 cm³/mol. The number of ether oxygens (including phenoxy) is 1. The number of hydrazine groups is 1. The second kappa shape index (κ2) is 13.3. The molecule has 1 aliphatic rings. The number of anilines is 2. The van der Waals surface area contributed by atoms with Crippen LogP contribution in [0.1, 0.15) is 38.7 Å². The topological polar surface area (TPSA) is 93.5 Å². The zero-order chi connectivity index (χ0) is 24.3. The Hall–Kier alpha value is -2.68. The average Bonchev–Trinajstić information content (AvgIpc) is 2.88. The Bertz CT molecular complexity index is 1020. The minimum atomic E-state index is 0.506. The highest BCUT2D eigenvalue weighted by Crippen LogP contribution is 2.27. The molecule has 1 saturated heterocycles. The van der Waals surface area contributed by atoms with E-state index in [1.807, 2.05) is 56.3 Å². The van der Waals surface area contributed by atoms with Crippen LogP contribution in [0.2, 0.25) is 0 Å². The molecule has 182 valence electrons. The number of hydrogen-bond acceptors (Lipinski definition) is 7. The van der Waals surface area contributed by atoms with Gasteiger partial charge < -0.3 is 15.5 Å². The molecule has 4 rings (SSSR count). The normalized spacial score (nSPS) is 13.6. The van der Waals surface area contributed by atoms with Crippen LogP contribution >= 0.6 is 15.9 Å². The van der Waals surface area contributed by atoms with Crippen molar-refractivity contribution in [2.24, 2.45) is 5.84 Å². The number of likely N-dealkylation sites (tertiary alicyclic amines) is 1. The van der Waals surface area contributed by atoms with Gasteiger partial charge in [0.2, 0.25) is 0 Å². The van der Waals surface area contributed by atoms with Gasteiger partial charge in [-0.1, -0.05) is 54.4 Å². The Balaban J connectivity index is 0.00000158. The summed E-state index contributed by atoms with van der Waals surface area (Å²) in [7, 11) is 0. The first-order chi connectivity index (χ1) is 16.6. The van der Waals surface area contributed by atoms with E-state index in [2.05, 4.69) is 30.8 Å². The van der Waals surface area contributed by atoms with E-state index in [0.717, 1.165) is 27.8 Å². The van der Waals surface area contributed by atoms with Gasteiger partial charge in [0.15, 0.2) is 11.6 Å². The highest BCUT2D eigenvalue weighted by atomic mass is 79.9. The summed E-state index contributed by atoms with van der Waals surface area (Å²) in [6.45, 7) is 8.45. The minimum absolute atomic E-state index is 0.506. The van der Waals surface area contributed by atoms with Gasteiger partial charge in [0, 0.05) is 16.6 Å². The lowest BCUT2D eigenvalue weighted by atomic mass is 10.1. The van der Waals surface area contributed by atoms with Crippen molar-refractivity contribution < 1.29 is 4.74 Å². The van der Waals surface area contributed by atoms with Crippen molar-refractivity contribution in [2.45, 2.75) is 39.7 Å². The van der Waals surface area contributed by atoms with Crippen molar-refractivity contribution in [1.29, 1.82) is 0 Å². The largest absolute Gasteiger partial charge is 0.489 e. The van der Waals surface area contributed by atoms with Crippen LogP contribution in [0, 0.1) is 0 Å². The molecule has 0 amide bonds. The second-order valence-electron chi connectivity index (χ2n) is 8.02. The maximum absolute atomic E-state index is 6.29. The number of halogens is 1. The fourth-order valence-corrected chi connectivity index (χ4v) is 4.22. The van der Waals surface area contributed by atoms with E-state index in [4.69, 9.17) is 16.3 Å². The van der Waals surface area contributed by atoms with E-state index in [9.17, 15) is 0 Å². The third-order valence-corrected chi connectivity index (χ3v) is 6.09. The Morgan fingerprint density at radius 3 is 2.50 bits per heavy atom. The van der Waals surface area contributed by atoms with Crippen LogP contribution in [-0.2, 0) is 6.54 Å². The van der Waals surface area contributed by atoms with Gasteiger partial charge in [0.1, 0.15) is 6.61 Å². The van der Waals surface area contributed by atoms with E-state index in [-0.39, 0.29) is 0 Å². The molecule has 0 atom stereocenters. The Morgan fingerprint density at radius 2 is 1.76 bits per heavy atom. The predicted octanol–water partition coefficient (Wildman–Crippen LogP) is 5.26. The lowest BCUT2D eigenvalue weighted by Crippen LogP contribution is -2.33. The van der Waals surface area contributed by atoms with Gasteiger partial charge in [-0.2, -0.15) is 0 Å². The number of aromatic nitrogens is 2. The molecule has 3 aromatic rings. The highest BCUT2D eigenvalue weighted by Gasteiger charge is 2.11. The van der Waals surface area contributed by atoms with Crippen LogP contribution in [0.15, 0.2) is 59.3 Å². The molecule has 0 radical (unpaired) electrons. The van der Waals surface area contributed by atoms with Crippen molar-refractivity contribution in [1.82, 2.24) is 14.9 Å². The molecule has 0 aliphatic carbocycles. The summed E-state index contributed by atoms with van der Waals surface area (Å²) in [4.78, 5) is 11.4. The number of nitrogens with zero attached hydrogens (tertiary/aromatic N) is 4. The molecule has 2 heterocycles. The first kappa shape index (κ1) is 25.9. The van der Waals surface area contributed by atoms with Gasteiger partial charge >= 0.3 is 0 Å². The molecular weight excluding hydrogens is 492 g/mol. The molecule has 2 aromatic carbocycles. The van der Waals surface area contributed by atoms with E-state index in [0.29, 0.717) is 30.4 Å². The van der Waals surface area contributed by atoms with Crippen molar-refractivity contribution in [3.8, 4) is 17.1 Å². The summed E-state index contributed by atoms with van der Waals surface area (Å²) in [5, 5.41) is 1.64. The Morgan fingerprint density at radius 1 is 1.03 bits per heavy atom. The van der Waals surface area contributed by atoms with Crippen LogP contribution in [0.25, 0.3) is 11.4 Å². The molecule has 1 aromatic heterocycles. The number of nitrogen functional groups attached to an aromatic ring is 1. The van der Waals surface area contributed by atoms with Gasteiger partial charge in [-0.3, -0.25) is 4.90 Å². The van der Waals surface area contributed by atoms with Gasteiger partial charge in [0.25, 0.3) is 0 Å². The van der Waals surface area contributed by atoms with Crippen LogP contribution < -0.4 is 21.3 Å².